The lowest BCUT2D eigenvalue weighted by Gasteiger charge is -2.60. The van der Waals surface area contributed by atoms with Gasteiger partial charge < -0.3 is 4.90 Å². The highest BCUT2D eigenvalue weighted by molar-refractivity contribution is 5.04. The number of nitrogens with one attached hydrogen (secondary N) is 1. The molecule has 4 rings (SSSR count). The largest absolute Gasteiger partial charge is 0.335 e. The molecule has 4 fully saturated rings. The van der Waals surface area contributed by atoms with E-state index in [-0.39, 0.29) is 0 Å². The van der Waals surface area contributed by atoms with Gasteiger partial charge in [-0.15, -0.1) is 0 Å². The summed E-state index contributed by atoms with van der Waals surface area (Å²) in [6.45, 7) is 2.56. The minimum absolute atomic E-state index is 0.618. The van der Waals surface area contributed by atoms with E-state index < -0.39 is 0 Å². The highest BCUT2D eigenvalue weighted by Gasteiger charge is 2.58. The molecule has 0 aliphatic heterocycles. The molecule has 0 aromatic heterocycles. The average molecular weight is 194 g/mol. The van der Waals surface area contributed by atoms with Gasteiger partial charge in [0, 0.05) is 11.8 Å². The first kappa shape index (κ1) is 9.21. The van der Waals surface area contributed by atoms with Crippen LogP contribution in [0.1, 0.15) is 39.0 Å². The molecule has 0 radical (unpaired) electrons. The number of hydrogen-bond acceptors (Lipinski definition) is 0. The smallest absolute Gasteiger partial charge is 0.100 e. The van der Waals surface area contributed by atoms with Crippen molar-refractivity contribution in [3.8, 4) is 0 Å². The van der Waals surface area contributed by atoms with Crippen molar-refractivity contribution in [3.63, 3.8) is 0 Å². The highest BCUT2D eigenvalue weighted by atomic mass is 15.2. The fourth-order valence-electron chi connectivity index (χ4n) is 4.98. The minimum Gasteiger partial charge on any atom is -0.335 e. The van der Waals surface area contributed by atoms with Crippen LogP contribution in [0.3, 0.4) is 0 Å². The molecule has 0 unspecified atom stereocenters. The topological polar surface area (TPSA) is 4.44 Å². The third kappa shape index (κ3) is 0.997. The summed E-state index contributed by atoms with van der Waals surface area (Å²) in [5, 5.41) is 0. The Bertz CT molecular complexity index is 216. The van der Waals surface area contributed by atoms with Crippen LogP contribution in [-0.4, -0.2) is 19.6 Å². The van der Waals surface area contributed by atoms with E-state index in [1.807, 2.05) is 0 Å². The number of rotatable bonds is 1. The predicted molar refractivity (Wildman–Crippen MR) is 58.3 cm³/mol. The van der Waals surface area contributed by atoms with Gasteiger partial charge in [-0.25, -0.2) is 0 Å². The van der Waals surface area contributed by atoms with Crippen molar-refractivity contribution in [2.45, 2.75) is 44.6 Å². The zero-order valence-corrected chi connectivity index (χ0v) is 9.84. The highest BCUT2D eigenvalue weighted by Crippen LogP contribution is 2.56. The van der Waals surface area contributed by atoms with Crippen molar-refractivity contribution in [1.29, 1.82) is 0 Å². The van der Waals surface area contributed by atoms with E-state index in [1.165, 1.54) is 0 Å². The van der Waals surface area contributed by atoms with Gasteiger partial charge in [0.2, 0.25) is 0 Å². The Labute approximate surface area is 87.9 Å². The first-order valence-corrected chi connectivity index (χ1v) is 6.41. The Balaban J connectivity index is 1.94. The van der Waals surface area contributed by atoms with Gasteiger partial charge in [-0.2, -0.15) is 0 Å². The molecule has 0 aromatic carbocycles. The fraction of sp³-hybridized carbons (Fsp3) is 1.00. The molecule has 4 aliphatic rings. The van der Waals surface area contributed by atoms with E-state index in [0.717, 1.165) is 23.7 Å². The summed E-state index contributed by atoms with van der Waals surface area (Å²) in [6.07, 6.45) is 7.78. The molecule has 1 heteroatoms. The summed E-state index contributed by atoms with van der Waals surface area (Å²) in [4.78, 5) is 1.71. The molecule has 80 valence electrons. The molecule has 1 N–H and O–H groups in total. The van der Waals surface area contributed by atoms with Crippen molar-refractivity contribution in [2.24, 2.45) is 23.7 Å². The molecule has 4 bridgehead atoms. The Morgan fingerprint density at radius 2 is 1.29 bits per heavy atom. The van der Waals surface area contributed by atoms with Crippen LogP contribution in [0, 0.1) is 23.7 Å². The maximum Gasteiger partial charge on any atom is 0.100 e. The maximum absolute atomic E-state index is 2.56. The number of hydrogen-bond donors (Lipinski definition) is 1. The van der Waals surface area contributed by atoms with E-state index >= 15 is 0 Å². The number of quaternary nitrogens is 1. The lowest BCUT2D eigenvalue weighted by Crippen LogP contribution is -3.17. The van der Waals surface area contributed by atoms with Crippen molar-refractivity contribution >= 4 is 0 Å². The standard InChI is InChI=1S/C13H23N/c1-13(14(2)3)11-5-9-4-10(7-11)8-12(13)6-9/h9-12H,4-8H2,1-3H3/p+1. The Hall–Kier alpha value is -0.0400. The van der Waals surface area contributed by atoms with E-state index in [1.54, 1.807) is 37.0 Å². The van der Waals surface area contributed by atoms with Crippen LogP contribution in [0.15, 0.2) is 0 Å². The second-order valence-electron chi connectivity index (χ2n) is 6.59. The van der Waals surface area contributed by atoms with Crippen LogP contribution >= 0.6 is 0 Å². The van der Waals surface area contributed by atoms with E-state index in [4.69, 9.17) is 0 Å². The molecule has 4 saturated carbocycles. The third-order valence-corrected chi connectivity index (χ3v) is 5.91. The van der Waals surface area contributed by atoms with E-state index in [2.05, 4.69) is 21.0 Å². The monoisotopic (exact) mass is 194 g/mol. The Morgan fingerprint density at radius 3 is 1.64 bits per heavy atom. The zero-order chi connectivity index (χ0) is 9.92. The lowest BCUT2D eigenvalue weighted by atomic mass is 9.49. The molecule has 0 atom stereocenters. The summed E-state index contributed by atoms with van der Waals surface area (Å²) in [5.74, 6) is 4.32. The molecule has 1 nitrogen and oxygen atoms in total. The van der Waals surface area contributed by atoms with E-state index in [9.17, 15) is 0 Å². The van der Waals surface area contributed by atoms with Crippen LogP contribution in [-0.2, 0) is 0 Å². The van der Waals surface area contributed by atoms with Gasteiger partial charge in [0.25, 0.3) is 0 Å². The van der Waals surface area contributed by atoms with Gasteiger partial charge in [0.15, 0.2) is 0 Å². The Kier molecular flexibility index (Phi) is 1.81. The summed E-state index contributed by atoms with van der Waals surface area (Å²) in [6, 6.07) is 0. The van der Waals surface area contributed by atoms with Crippen molar-refractivity contribution in [1.82, 2.24) is 0 Å². The quantitative estimate of drug-likeness (QED) is 0.642. The lowest BCUT2D eigenvalue weighted by molar-refractivity contribution is -0.927. The average Bonchev–Trinajstić information content (AvgIpc) is 2.12. The molecule has 0 heterocycles. The molecular weight excluding hydrogens is 170 g/mol. The Morgan fingerprint density at radius 1 is 0.857 bits per heavy atom. The second-order valence-corrected chi connectivity index (χ2v) is 6.59. The molecule has 14 heavy (non-hydrogen) atoms. The summed E-state index contributed by atoms with van der Waals surface area (Å²) in [5.41, 5.74) is 0.618. The normalized spacial score (nSPS) is 55.7. The van der Waals surface area contributed by atoms with Crippen molar-refractivity contribution in [3.05, 3.63) is 0 Å². The van der Waals surface area contributed by atoms with Crippen LogP contribution in [0.5, 0.6) is 0 Å². The minimum atomic E-state index is 0.618. The summed E-state index contributed by atoms with van der Waals surface area (Å²) in [7, 11) is 4.75. The van der Waals surface area contributed by atoms with Gasteiger partial charge in [-0.3, -0.25) is 0 Å². The maximum atomic E-state index is 2.56. The molecule has 0 amide bonds. The van der Waals surface area contributed by atoms with Crippen LogP contribution in [0.25, 0.3) is 0 Å². The van der Waals surface area contributed by atoms with Crippen LogP contribution in [0.2, 0.25) is 0 Å². The molecule has 4 aliphatic carbocycles. The van der Waals surface area contributed by atoms with Gasteiger partial charge in [-0.05, 0) is 50.9 Å². The fourth-order valence-corrected chi connectivity index (χ4v) is 4.98. The first-order chi connectivity index (χ1) is 6.60. The SMILES string of the molecule is C[NH+](C)C1(C)C2CC3CC(C2)CC1C3. The molecule has 0 aromatic rings. The van der Waals surface area contributed by atoms with Crippen molar-refractivity contribution in [2.75, 3.05) is 14.1 Å². The third-order valence-electron chi connectivity index (χ3n) is 5.91. The van der Waals surface area contributed by atoms with Crippen molar-refractivity contribution < 1.29 is 4.90 Å². The molecular formula is C13H24N+. The van der Waals surface area contributed by atoms with Crippen LogP contribution in [0.4, 0.5) is 0 Å². The van der Waals surface area contributed by atoms with Crippen LogP contribution < -0.4 is 4.90 Å². The van der Waals surface area contributed by atoms with Gasteiger partial charge >= 0.3 is 0 Å². The molecule has 0 spiro atoms. The van der Waals surface area contributed by atoms with Gasteiger partial charge in [-0.1, -0.05) is 0 Å². The summed E-state index contributed by atoms with van der Waals surface area (Å²) >= 11 is 0. The predicted octanol–water partition coefficient (Wildman–Crippen LogP) is 1.35. The first-order valence-electron chi connectivity index (χ1n) is 6.41. The second kappa shape index (κ2) is 2.75. The summed E-state index contributed by atoms with van der Waals surface area (Å²) < 4.78 is 0. The van der Waals surface area contributed by atoms with Gasteiger partial charge in [0.1, 0.15) is 5.54 Å². The molecule has 0 saturated heterocycles. The van der Waals surface area contributed by atoms with Gasteiger partial charge in [0.05, 0.1) is 14.1 Å². The van der Waals surface area contributed by atoms with E-state index in [0.29, 0.717) is 5.54 Å². The zero-order valence-electron chi connectivity index (χ0n) is 9.84.